The molecule has 0 fully saturated rings. The predicted molar refractivity (Wildman–Crippen MR) is 76.0 cm³/mol. The summed E-state index contributed by atoms with van der Waals surface area (Å²) in [6.07, 6.45) is 0. The number of carboxylic acids is 2. The van der Waals surface area contributed by atoms with Gasteiger partial charge in [-0.3, -0.25) is 4.79 Å². The standard InChI is InChI=1S/C15H9NO5/c17-13-7-3-1-5-9(14(18)19)11(7)16-12-8(13)4-2-6-10(12)15(20)21/h1-6H,(H,16,17)(H,18,19)(H,20,21). The van der Waals surface area contributed by atoms with Gasteiger partial charge in [0.1, 0.15) is 0 Å². The number of benzene rings is 2. The molecule has 0 atom stereocenters. The number of pyridine rings is 1. The van der Waals surface area contributed by atoms with Crippen molar-refractivity contribution in [1.82, 2.24) is 4.98 Å². The van der Waals surface area contributed by atoms with Gasteiger partial charge in [-0.15, -0.1) is 0 Å². The quantitative estimate of drug-likeness (QED) is 0.624. The zero-order valence-electron chi connectivity index (χ0n) is 10.6. The summed E-state index contributed by atoms with van der Waals surface area (Å²) in [4.78, 5) is 37.7. The summed E-state index contributed by atoms with van der Waals surface area (Å²) >= 11 is 0. The van der Waals surface area contributed by atoms with Gasteiger partial charge >= 0.3 is 11.9 Å². The molecule has 3 N–H and O–H groups in total. The fourth-order valence-electron chi connectivity index (χ4n) is 2.38. The lowest BCUT2D eigenvalue weighted by Gasteiger charge is -2.07. The highest BCUT2D eigenvalue weighted by molar-refractivity contribution is 6.08. The number of carbonyl (C=O) groups is 2. The average molecular weight is 283 g/mol. The molecule has 0 aliphatic heterocycles. The maximum atomic E-state index is 12.4. The number of aromatic amines is 1. The first-order chi connectivity index (χ1) is 10.0. The first-order valence-electron chi connectivity index (χ1n) is 6.05. The summed E-state index contributed by atoms with van der Waals surface area (Å²) in [5.74, 6) is -2.38. The van der Waals surface area contributed by atoms with Crippen LogP contribution in [0.15, 0.2) is 41.2 Å². The van der Waals surface area contributed by atoms with Crippen molar-refractivity contribution in [2.45, 2.75) is 0 Å². The van der Waals surface area contributed by atoms with Crippen LogP contribution >= 0.6 is 0 Å². The monoisotopic (exact) mass is 283 g/mol. The van der Waals surface area contributed by atoms with E-state index in [0.29, 0.717) is 0 Å². The Labute approximate surface area is 117 Å². The molecule has 0 amide bonds. The molecule has 1 aromatic heterocycles. The number of carboxylic acid groups (broad SMARTS) is 2. The normalized spacial score (nSPS) is 10.9. The zero-order valence-corrected chi connectivity index (χ0v) is 10.6. The molecule has 6 nitrogen and oxygen atoms in total. The van der Waals surface area contributed by atoms with E-state index in [9.17, 15) is 24.6 Å². The number of hydrogen-bond acceptors (Lipinski definition) is 3. The van der Waals surface area contributed by atoms with Crippen LogP contribution < -0.4 is 5.43 Å². The molecule has 21 heavy (non-hydrogen) atoms. The van der Waals surface area contributed by atoms with E-state index in [4.69, 9.17) is 0 Å². The van der Waals surface area contributed by atoms with Crippen LogP contribution in [-0.4, -0.2) is 27.1 Å². The van der Waals surface area contributed by atoms with Crippen LogP contribution in [0.1, 0.15) is 20.7 Å². The second-order valence-electron chi connectivity index (χ2n) is 4.52. The Morgan fingerprint density at radius 1 is 0.810 bits per heavy atom. The lowest BCUT2D eigenvalue weighted by atomic mass is 10.0. The highest BCUT2D eigenvalue weighted by atomic mass is 16.4. The average Bonchev–Trinajstić information content (AvgIpc) is 2.46. The van der Waals surface area contributed by atoms with Gasteiger partial charge in [-0.1, -0.05) is 12.1 Å². The number of rotatable bonds is 2. The smallest absolute Gasteiger partial charge is 0.337 e. The molecule has 0 aliphatic rings. The molecular weight excluding hydrogens is 274 g/mol. The van der Waals surface area contributed by atoms with Crippen LogP contribution in [0.5, 0.6) is 0 Å². The Balaban J connectivity index is 2.60. The number of nitrogens with one attached hydrogen (secondary N) is 1. The third kappa shape index (κ3) is 1.85. The van der Waals surface area contributed by atoms with Gasteiger partial charge in [0.2, 0.25) is 0 Å². The van der Waals surface area contributed by atoms with Gasteiger partial charge in [0.15, 0.2) is 5.43 Å². The van der Waals surface area contributed by atoms with Gasteiger partial charge in [0, 0.05) is 10.8 Å². The van der Waals surface area contributed by atoms with Gasteiger partial charge in [-0.25, -0.2) is 9.59 Å². The third-order valence-electron chi connectivity index (χ3n) is 3.33. The van der Waals surface area contributed by atoms with Gasteiger partial charge < -0.3 is 15.2 Å². The maximum absolute atomic E-state index is 12.4. The Kier molecular flexibility index (Phi) is 2.72. The van der Waals surface area contributed by atoms with Crippen molar-refractivity contribution >= 4 is 33.7 Å². The van der Waals surface area contributed by atoms with E-state index in [0.717, 1.165) is 0 Å². The number of para-hydroxylation sites is 2. The van der Waals surface area contributed by atoms with Crippen molar-refractivity contribution in [3.63, 3.8) is 0 Å². The third-order valence-corrected chi connectivity index (χ3v) is 3.33. The van der Waals surface area contributed by atoms with Crippen molar-refractivity contribution < 1.29 is 19.8 Å². The fraction of sp³-hybridized carbons (Fsp3) is 0. The molecule has 0 spiro atoms. The van der Waals surface area contributed by atoms with Crippen LogP contribution in [0.3, 0.4) is 0 Å². The lowest BCUT2D eigenvalue weighted by molar-refractivity contribution is 0.0688. The highest BCUT2D eigenvalue weighted by Gasteiger charge is 2.16. The molecule has 3 aromatic rings. The van der Waals surface area contributed by atoms with E-state index in [-0.39, 0.29) is 32.9 Å². The molecular formula is C15H9NO5. The van der Waals surface area contributed by atoms with Crippen LogP contribution in [0, 0.1) is 0 Å². The largest absolute Gasteiger partial charge is 0.478 e. The van der Waals surface area contributed by atoms with E-state index in [2.05, 4.69) is 4.98 Å². The van der Waals surface area contributed by atoms with Gasteiger partial charge in [-0.2, -0.15) is 0 Å². The van der Waals surface area contributed by atoms with Gasteiger partial charge in [0.25, 0.3) is 0 Å². The first-order valence-corrected chi connectivity index (χ1v) is 6.05. The van der Waals surface area contributed by atoms with E-state index in [1.54, 1.807) is 0 Å². The van der Waals surface area contributed by atoms with Crippen LogP contribution in [-0.2, 0) is 0 Å². The second-order valence-corrected chi connectivity index (χ2v) is 4.52. The number of fused-ring (bicyclic) bond motifs is 2. The van der Waals surface area contributed by atoms with Crippen molar-refractivity contribution in [2.24, 2.45) is 0 Å². The summed E-state index contributed by atoms with van der Waals surface area (Å²) < 4.78 is 0. The SMILES string of the molecule is O=C(O)c1cccc2c(=O)c3cccc(C(=O)O)c3[nH]c12. The van der Waals surface area contributed by atoms with Crippen molar-refractivity contribution in [1.29, 1.82) is 0 Å². The molecule has 3 rings (SSSR count). The molecule has 0 unspecified atom stereocenters. The Morgan fingerprint density at radius 3 is 1.62 bits per heavy atom. The minimum absolute atomic E-state index is 0.0771. The topological polar surface area (TPSA) is 107 Å². The summed E-state index contributed by atoms with van der Waals surface area (Å²) in [6, 6.07) is 8.69. The number of hydrogen-bond donors (Lipinski definition) is 3. The lowest BCUT2D eigenvalue weighted by Crippen LogP contribution is -2.10. The minimum Gasteiger partial charge on any atom is -0.478 e. The van der Waals surface area contributed by atoms with Crippen LogP contribution in [0.4, 0.5) is 0 Å². The van der Waals surface area contributed by atoms with Crippen LogP contribution in [0.25, 0.3) is 21.8 Å². The van der Waals surface area contributed by atoms with E-state index >= 15 is 0 Å². The maximum Gasteiger partial charge on any atom is 0.337 e. The molecule has 0 saturated carbocycles. The zero-order chi connectivity index (χ0) is 15.1. The van der Waals surface area contributed by atoms with E-state index in [1.807, 2.05) is 0 Å². The summed E-state index contributed by atoms with van der Waals surface area (Å²) in [5.41, 5.74) is -0.310. The number of aromatic carboxylic acids is 2. The molecule has 0 bridgehead atoms. The Morgan fingerprint density at radius 2 is 1.24 bits per heavy atom. The van der Waals surface area contributed by atoms with Crippen molar-refractivity contribution in [2.75, 3.05) is 0 Å². The number of H-pyrrole nitrogens is 1. The fourth-order valence-corrected chi connectivity index (χ4v) is 2.38. The van der Waals surface area contributed by atoms with E-state index < -0.39 is 17.4 Å². The minimum atomic E-state index is -1.19. The number of aromatic nitrogens is 1. The van der Waals surface area contributed by atoms with Gasteiger partial charge in [0.05, 0.1) is 22.2 Å². The summed E-state index contributed by atoms with van der Waals surface area (Å²) in [6.45, 7) is 0. The van der Waals surface area contributed by atoms with Gasteiger partial charge in [-0.05, 0) is 24.3 Å². The molecule has 2 aromatic carbocycles. The van der Waals surface area contributed by atoms with E-state index in [1.165, 1.54) is 36.4 Å². The highest BCUT2D eigenvalue weighted by Crippen LogP contribution is 2.21. The predicted octanol–water partition coefficient (Wildman–Crippen LogP) is 2.08. The molecule has 0 aliphatic carbocycles. The van der Waals surface area contributed by atoms with Crippen molar-refractivity contribution in [3.8, 4) is 0 Å². The molecule has 0 radical (unpaired) electrons. The summed E-state index contributed by atoms with van der Waals surface area (Å²) in [7, 11) is 0. The molecule has 1 heterocycles. The Hall–Kier alpha value is -3.15. The first kappa shape index (κ1) is 12.9. The van der Waals surface area contributed by atoms with Crippen molar-refractivity contribution in [3.05, 3.63) is 57.7 Å². The molecule has 0 saturated heterocycles. The summed E-state index contributed by atoms with van der Waals surface area (Å²) in [5, 5.41) is 18.8. The molecule has 6 heteroatoms. The second kappa shape index (κ2) is 4.45. The Bertz CT molecular complexity index is 896. The van der Waals surface area contributed by atoms with Crippen LogP contribution in [0.2, 0.25) is 0 Å². The molecule has 104 valence electrons.